The molecule has 3 heteroatoms. The summed E-state index contributed by atoms with van der Waals surface area (Å²) < 4.78 is 5.93. The maximum Gasteiger partial charge on any atom is 0.123 e. The highest BCUT2D eigenvalue weighted by Gasteiger charge is 2.15. The van der Waals surface area contributed by atoms with E-state index in [1.54, 1.807) is 0 Å². The molecule has 0 amide bonds. The molecule has 0 fully saturated rings. The van der Waals surface area contributed by atoms with Crippen molar-refractivity contribution in [3.8, 4) is 0 Å². The lowest BCUT2D eigenvalue weighted by Gasteiger charge is -2.20. The quantitative estimate of drug-likeness (QED) is 0.0909. The summed E-state index contributed by atoms with van der Waals surface area (Å²) in [4.78, 5) is 0. The molecule has 0 aromatic rings. The third-order valence-corrected chi connectivity index (χ3v) is 6.34. The van der Waals surface area contributed by atoms with Gasteiger partial charge < -0.3 is 9.84 Å². The predicted octanol–water partition coefficient (Wildman–Crippen LogP) is 8.85. The highest BCUT2D eigenvalue weighted by Crippen LogP contribution is 2.17. The highest BCUT2D eigenvalue weighted by atomic mass is 32.1. The van der Waals surface area contributed by atoms with E-state index in [-0.39, 0.29) is 6.10 Å². The summed E-state index contributed by atoms with van der Waals surface area (Å²) in [5, 5.41) is 9.86. The second-order valence-electron chi connectivity index (χ2n) is 8.98. The summed E-state index contributed by atoms with van der Waals surface area (Å²) in [7, 11) is 0. The van der Waals surface area contributed by atoms with Crippen LogP contribution in [0.25, 0.3) is 0 Å². The minimum absolute atomic E-state index is 0.0917. The lowest BCUT2D eigenvalue weighted by atomic mass is 10.0. The van der Waals surface area contributed by atoms with Gasteiger partial charge in [0, 0.05) is 6.61 Å². The number of unbranched alkanes of at least 4 members (excludes halogenated alkanes) is 18. The van der Waals surface area contributed by atoms with Crippen molar-refractivity contribution in [2.24, 2.45) is 0 Å². The fourth-order valence-electron chi connectivity index (χ4n) is 3.98. The summed E-state index contributed by atoms with van der Waals surface area (Å²) in [6, 6.07) is 0. The molecule has 0 saturated carbocycles. The molecule has 1 N–H and O–H groups in total. The summed E-state index contributed by atoms with van der Waals surface area (Å²) in [6.45, 7) is 5.32. The van der Waals surface area contributed by atoms with E-state index in [9.17, 15) is 5.11 Å². The van der Waals surface area contributed by atoms with Gasteiger partial charge in [0.2, 0.25) is 0 Å². The average molecular weight is 431 g/mol. The largest absolute Gasteiger partial charge is 0.380 e. The van der Waals surface area contributed by atoms with Crippen LogP contribution in [0.1, 0.15) is 149 Å². The molecule has 0 rings (SSSR count). The topological polar surface area (TPSA) is 29.5 Å². The van der Waals surface area contributed by atoms with Gasteiger partial charge in [-0.3, -0.25) is 0 Å². The summed E-state index contributed by atoms with van der Waals surface area (Å²) in [6.07, 6.45) is 27.7. The van der Waals surface area contributed by atoms with E-state index >= 15 is 0 Å². The molecule has 2 unspecified atom stereocenters. The van der Waals surface area contributed by atoms with E-state index in [0.717, 1.165) is 25.9 Å². The van der Waals surface area contributed by atoms with Crippen LogP contribution in [0.15, 0.2) is 0 Å². The Kier molecular flexibility index (Phi) is 24.8. The Morgan fingerprint density at radius 1 is 0.552 bits per heavy atom. The fraction of sp³-hybridized carbons (Fsp3) is 1.00. The number of thiol groups is 1. The molecule has 29 heavy (non-hydrogen) atoms. The number of aliphatic hydroxyl groups is 1. The predicted molar refractivity (Wildman–Crippen MR) is 133 cm³/mol. The Labute approximate surface area is 189 Å². The van der Waals surface area contributed by atoms with E-state index in [1.165, 1.54) is 116 Å². The Hall–Kier alpha value is 0.270. The van der Waals surface area contributed by atoms with Gasteiger partial charge in [0.05, 0.1) is 6.10 Å². The van der Waals surface area contributed by atoms with Crippen molar-refractivity contribution in [1.29, 1.82) is 0 Å². The van der Waals surface area contributed by atoms with Crippen molar-refractivity contribution in [3.63, 3.8) is 0 Å². The molecule has 0 aliphatic carbocycles. The molecule has 2 atom stereocenters. The van der Waals surface area contributed by atoms with Crippen LogP contribution in [-0.2, 0) is 4.74 Å². The third-order valence-electron chi connectivity index (χ3n) is 6.00. The van der Waals surface area contributed by atoms with Crippen molar-refractivity contribution in [1.82, 2.24) is 0 Å². The standard InChI is InChI=1S/C26H54O2S/c1-3-5-7-9-11-13-15-17-19-21-23-25(26(27)29)28-24-22-20-18-16-14-12-10-8-6-4-2/h25-27,29H,3-24H2,1-2H3. The second kappa shape index (κ2) is 24.5. The fourth-order valence-corrected chi connectivity index (χ4v) is 4.21. The zero-order chi connectivity index (χ0) is 21.4. The van der Waals surface area contributed by atoms with Gasteiger partial charge >= 0.3 is 0 Å². The molecule has 0 aromatic heterocycles. The van der Waals surface area contributed by atoms with Crippen LogP contribution >= 0.6 is 12.6 Å². The molecular formula is C26H54O2S. The maximum atomic E-state index is 9.86. The molecule has 0 bridgehead atoms. The van der Waals surface area contributed by atoms with Crippen molar-refractivity contribution in [3.05, 3.63) is 0 Å². The first-order valence-electron chi connectivity index (χ1n) is 13.2. The van der Waals surface area contributed by atoms with Crippen molar-refractivity contribution < 1.29 is 9.84 Å². The Morgan fingerprint density at radius 3 is 1.28 bits per heavy atom. The van der Waals surface area contributed by atoms with E-state index in [2.05, 4.69) is 26.5 Å². The Balaban J connectivity index is 3.43. The van der Waals surface area contributed by atoms with Gasteiger partial charge in [0.15, 0.2) is 0 Å². The zero-order valence-electron chi connectivity index (χ0n) is 20.0. The van der Waals surface area contributed by atoms with Crippen LogP contribution in [0.2, 0.25) is 0 Å². The number of rotatable bonds is 24. The second-order valence-corrected chi connectivity index (χ2v) is 9.50. The van der Waals surface area contributed by atoms with Crippen LogP contribution in [0.3, 0.4) is 0 Å². The number of aliphatic hydroxyl groups excluding tert-OH is 1. The lowest BCUT2D eigenvalue weighted by molar-refractivity contribution is -0.00796. The number of ether oxygens (including phenoxy) is 1. The van der Waals surface area contributed by atoms with E-state index in [0.29, 0.717) is 0 Å². The van der Waals surface area contributed by atoms with Gasteiger partial charge in [-0.2, -0.15) is 0 Å². The molecule has 2 nitrogen and oxygen atoms in total. The van der Waals surface area contributed by atoms with Crippen molar-refractivity contribution in [2.45, 2.75) is 160 Å². The van der Waals surface area contributed by atoms with E-state index in [4.69, 9.17) is 4.74 Å². The average Bonchev–Trinajstić information content (AvgIpc) is 2.71. The highest BCUT2D eigenvalue weighted by molar-refractivity contribution is 7.80. The van der Waals surface area contributed by atoms with Crippen LogP contribution < -0.4 is 0 Å². The minimum Gasteiger partial charge on any atom is -0.380 e. The number of hydrogen-bond donors (Lipinski definition) is 2. The first-order valence-corrected chi connectivity index (χ1v) is 13.7. The summed E-state index contributed by atoms with van der Waals surface area (Å²) in [5.74, 6) is 0. The van der Waals surface area contributed by atoms with Gasteiger partial charge in [-0.1, -0.05) is 136 Å². The molecule has 0 heterocycles. The molecule has 0 radical (unpaired) electrons. The monoisotopic (exact) mass is 430 g/mol. The lowest BCUT2D eigenvalue weighted by Crippen LogP contribution is -2.25. The normalized spacial score (nSPS) is 13.7. The molecule has 0 aliphatic heterocycles. The molecule has 0 aliphatic rings. The van der Waals surface area contributed by atoms with Crippen LogP contribution in [0, 0.1) is 0 Å². The molecule has 0 saturated heterocycles. The van der Waals surface area contributed by atoms with E-state index < -0.39 is 5.44 Å². The first-order chi connectivity index (χ1) is 14.2. The maximum absolute atomic E-state index is 9.86. The van der Waals surface area contributed by atoms with Gasteiger partial charge in [-0.25, -0.2) is 0 Å². The van der Waals surface area contributed by atoms with E-state index in [1.807, 2.05) is 0 Å². The smallest absolute Gasteiger partial charge is 0.123 e. The van der Waals surface area contributed by atoms with Crippen molar-refractivity contribution >= 4 is 12.6 Å². The zero-order valence-corrected chi connectivity index (χ0v) is 20.9. The minimum atomic E-state index is -0.642. The van der Waals surface area contributed by atoms with Crippen LogP contribution in [0.5, 0.6) is 0 Å². The molecule has 0 aromatic carbocycles. The van der Waals surface area contributed by atoms with Crippen LogP contribution in [0.4, 0.5) is 0 Å². The summed E-state index contributed by atoms with van der Waals surface area (Å²) in [5.41, 5.74) is -0.642. The SMILES string of the molecule is CCCCCCCCCCCCOC(CCCCCCCCCCCC)C(O)S. The van der Waals surface area contributed by atoms with Gasteiger partial charge in [0.1, 0.15) is 5.44 Å². The van der Waals surface area contributed by atoms with Gasteiger partial charge in [0.25, 0.3) is 0 Å². The molecule has 176 valence electrons. The number of hydrogen-bond acceptors (Lipinski definition) is 3. The summed E-state index contributed by atoms with van der Waals surface area (Å²) >= 11 is 4.23. The molecular weight excluding hydrogens is 376 g/mol. The molecule has 0 spiro atoms. The van der Waals surface area contributed by atoms with Crippen molar-refractivity contribution in [2.75, 3.05) is 6.61 Å². The first kappa shape index (κ1) is 29.3. The van der Waals surface area contributed by atoms with Gasteiger partial charge in [-0.15, -0.1) is 12.6 Å². The Bertz CT molecular complexity index is 296. The van der Waals surface area contributed by atoms with Gasteiger partial charge in [-0.05, 0) is 12.8 Å². The Morgan fingerprint density at radius 2 is 0.897 bits per heavy atom. The van der Waals surface area contributed by atoms with Crippen LogP contribution in [-0.4, -0.2) is 23.3 Å². The third kappa shape index (κ3) is 22.8.